The highest BCUT2D eigenvalue weighted by Gasteiger charge is 2.58. The van der Waals surface area contributed by atoms with Crippen LogP contribution in [0.5, 0.6) is 0 Å². The number of hydrogen-bond acceptors (Lipinski definition) is 3. The third kappa shape index (κ3) is 3.88. The summed E-state index contributed by atoms with van der Waals surface area (Å²) in [5.74, 6) is 12.1. The van der Waals surface area contributed by atoms with Gasteiger partial charge in [0.15, 0.2) is 5.78 Å². The van der Waals surface area contributed by atoms with Crippen LogP contribution in [-0.2, 0) is 11.3 Å². The number of carbonyl (C=O) groups excluding carboxylic acids is 1. The Bertz CT molecular complexity index is 837. The van der Waals surface area contributed by atoms with Gasteiger partial charge < -0.3 is 9.67 Å². The molecule has 1 heterocycles. The van der Waals surface area contributed by atoms with Gasteiger partial charge in [-0.1, -0.05) is 12.8 Å². The van der Waals surface area contributed by atoms with Gasteiger partial charge in [-0.15, -0.1) is 5.92 Å². The first-order valence-electron chi connectivity index (χ1n) is 12.7. The number of nitrogens with zero attached hydrogens (tertiary/aromatic N) is 2. The minimum atomic E-state index is 0.182. The summed E-state index contributed by atoms with van der Waals surface area (Å²) in [4.78, 5) is 17.3. The molecule has 4 fully saturated rings. The lowest BCUT2D eigenvalue weighted by Gasteiger charge is -2.56. The average molecular weight is 423 g/mol. The normalized spacial score (nSPS) is 41.4. The van der Waals surface area contributed by atoms with E-state index < -0.39 is 0 Å². The largest absolute Gasteiger partial charge is 0.395 e. The molecule has 1 aromatic heterocycles. The Morgan fingerprint density at radius 2 is 2.00 bits per heavy atom. The van der Waals surface area contributed by atoms with Gasteiger partial charge in [0.1, 0.15) is 0 Å². The summed E-state index contributed by atoms with van der Waals surface area (Å²) >= 11 is 0. The van der Waals surface area contributed by atoms with Gasteiger partial charge in [0.05, 0.1) is 19.5 Å². The number of ketones is 1. The third-order valence-electron chi connectivity index (χ3n) is 9.78. The number of hydrogen-bond donors (Lipinski definition) is 1. The standard InChI is InChI=1S/C27H38N2O2/c1-27-12-11-22-21-7-5-19(4-2-3-15-30)16-20(21)6-8-23(22)24(27)9-10-25(27)26(31)17-29-14-13-28-18-29/h13-14,18-25,30H,3,5-12,15-17H2,1H3. The molecule has 0 radical (unpaired) electrons. The molecule has 8 unspecified atom stereocenters. The van der Waals surface area contributed by atoms with Crippen molar-refractivity contribution in [3.63, 3.8) is 0 Å². The minimum Gasteiger partial charge on any atom is -0.395 e. The minimum absolute atomic E-state index is 0.182. The molecule has 5 rings (SSSR count). The van der Waals surface area contributed by atoms with E-state index in [1.165, 1.54) is 51.4 Å². The molecule has 0 aliphatic heterocycles. The molecule has 0 aromatic carbocycles. The van der Waals surface area contributed by atoms with Gasteiger partial charge in [-0.2, -0.15) is 0 Å². The van der Waals surface area contributed by atoms with Crippen molar-refractivity contribution in [2.45, 2.75) is 77.7 Å². The van der Waals surface area contributed by atoms with Gasteiger partial charge in [-0.25, -0.2) is 4.98 Å². The number of fused-ring (bicyclic) bond motifs is 5. The molecular formula is C27H38N2O2. The molecule has 0 amide bonds. The molecule has 4 aliphatic carbocycles. The number of aliphatic hydroxyl groups is 1. The van der Waals surface area contributed by atoms with Crippen molar-refractivity contribution >= 4 is 5.78 Å². The van der Waals surface area contributed by atoms with Crippen LogP contribution in [0, 0.1) is 58.7 Å². The predicted octanol–water partition coefficient (Wildman–Crippen LogP) is 4.72. The van der Waals surface area contributed by atoms with E-state index in [1.807, 2.05) is 10.8 Å². The van der Waals surface area contributed by atoms with Crippen LogP contribution < -0.4 is 0 Å². The van der Waals surface area contributed by atoms with Crippen molar-refractivity contribution in [1.82, 2.24) is 9.55 Å². The fraction of sp³-hybridized carbons (Fsp3) is 0.778. The number of aliphatic hydroxyl groups excluding tert-OH is 1. The molecule has 4 saturated carbocycles. The Morgan fingerprint density at radius 1 is 1.13 bits per heavy atom. The SMILES string of the molecule is CC12CCC3C4CCC(C#CCCO)CC4CCC3C1CCC2C(=O)Cn1ccnc1. The molecule has 0 saturated heterocycles. The van der Waals surface area contributed by atoms with E-state index in [4.69, 9.17) is 5.11 Å². The zero-order valence-corrected chi connectivity index (χ0v) is 19.0. The predicted molar refractivity (Wildman–Crippen MR) is 121 cm³/mol. The Balaban J connectivity index is 1.26. The topological polar surface area (TPSA) is 55.1 Å². The Labute approximate surface area is 187 Å². The van der Waals surface area contributed by atoms with Gasteiger partial charge in [0.25, 0.3) is 0 Å². The van der Waals surface area contributed by atoms with E-state index in [0.717, 1.165) is 36.0 Å². The number of rotatable bonds is 4. The Hall–Kier alpha value is -1.60. The summed E-state index contributed by atoms with van der Waals surface area (Å²) in [6.07, 6.45) is 17.6. The number of carbonyl (C=O) groups is 1. The highest BCUT2D eigenvalue weighted by molar-refractivity contribution is 5.82. The van der Waals surface area contributed by atoms with Crippen LogP contribution in [0.2, 0.25) is 0 Å². The van der Waals surface area contributed by atoms with E-state index in [9.17, 15) is 4.79 Å². The van der Waals surface area contributed by atoms with Crippen molar-refractivity contribution < 1.29 is 9.90 Å². The van der Waals surface area contributed by atoms with Crippen LogP contribution >= 0.6 is 0 Å². The van der Waals surface area contributed by atoms with Crippen LogP contribution in [0.4, 0.5) is 0 Å². The van der Waals surface area contributed by atoms with Crippen LogP contribution in [-0.4, -0.2) is 27.0 Å². The fourth-order valence-corrected chi connectivity index (χ4v) is 8.46. The first-order chi connectivity index (χ1) is 15.1. The molecular weight excluding hydrogens is 384 g/mol. The van der Waals surface area contributed by atoms with Crippen LogP contribution in [0.1, 0.15) is 71.1 Å². The van der Waals surface area contributed by atoms with Gasteiger partial charge in [0, 0.05) is 30.7 Å². The molecule has 4 heteroatoms. The molecule has 0 spiro atoms. The lowest BCUT2D eigenvalue weighted by molar-refractivity contribution is -0.131. The summed E-state index contributed by atoms with van der Waals surface area (Å²) in [7, 11) is 0. The maximum Gasteiger partial charge on any atom is 0.156 e. The Morgan fingerprint density at radius 3 is 2.81 bits per heavy atom. The van der Waals surface area contributed by atoms with E-state index in [2.05, 4.69) is 23.7 Å². The summed E-state index contributed by atoms with van der Waals surface area (Å²) in [6.45, 7) is 3.13. The maximum absolute atomic E-state index is 13.2. The van der Waals surface area contributed by atoms with Crippen molar-refractivity contribution in [3.8, 4) is 11.8 Å². The second-order valence-corrected chi connectivity index (χ2v) is 11.1. The lowest BCUT2D eigenvalue weighted by Crippen LogP contribution is -2.49. The quantitative estimate of drug-likeness (QED) is 0.714. The van der Waals surface area contributed by atoms with E-state index in [-0.39, 0.29) is 17.9 Å². The summed E-state index contributed by atoms with van der Waals surface area (Å²) in [5, 5.41) is 9.00. The molecule has 168 valence electrons. The smallest absolute Gasteiger partial charge is 0.156 e. The highest BCUT2D eigenvalue weighted by Crippen LogP contribution is 2.64. The molecule has 31 heavy (non-hydrogen) atoms. The maximum atomic E-state index is 13.2. The summed E-state index contributed by atoms with van der Waals surface area (Å²) in [6, 6.07) is 0. The zero-order chi connectivity index (χ0) is 21.4. The molecule has 1 N–H and O–H groups in total. The Kier molecular flexibility index (Phi) is 5.99. The van der Waals surface area contributed by atoms with Crippen molar-refractivity contribution in [2.75, 3.05) is 6.61 Å². The van der Waals surface area contributed by atoms with Crippen molar-refractivity contribution in [2.24, 2.45) is 46.8 Å². The second kappa shape index (κ2) is 8.74. The number of aromatic nitrogens is 2. The van der Waals surface area contributed by atoms with E-state index in [1.54, 1.807) is 12.5 Å². The monoisotopic (exact) mass is 422 g/mol. The molecule has 1 aromatic rings. The van der Waals surface area contributed by atoms with Crippen LogP contribution in [0.15, 0.2) is 18.7 Å². The molecule has 4 aliphatic rings. The van der Waals surface area contributed by atoms with E-state index >= 15 is 0 Å². The first-order valence-corrected chi connectivity index (χ1v) is 12.7. The van der Waals surface area contributed by atoms with Crippen LogP contribution in [0.25, 0.3) is 0 Å². The van der Waals surface area contributed by atoms with Gasteiger partial charge in [0.2, 0.25) is 0 Å². The highest BCUT2D eigenvalue weighted by atomic mass is 16.2. The van der Waals surface area contributed by atoms with Gasteiger partial charge in [-0.3, -0.25) is 4.79 Å². The number of Topliss-reactive ketones (excluding diaryl/α,β-unsaturated/α-hetero) is 1. The molecule has 8 atom stereocenters. The third-order valence-corrected chi connectivity index (χ3v) is 9.78. The number of imidazole rings is 1. The zero-order valence-electron chi connectivity index (χ0n) is 19.0. The second-order valence-electron chi connectivity index (χ2n) is 11.1. The van der Waals surface area contributed by atoms with Crippen molar-refractivity contribution in [1.29, 1.82) is 0 Å². The summed E-state index contributed by atoms with van der Waals surface area (Å²) in [5.41, 5.74) is 0.207. The molecule has 4 nitrogen and oxygen atoms in total. The summed E-state index contributed by atoms with van der Waals surface area (Å²) < 4.78 is 1.94. The molecule has 0 bridgehead atoms. The van der Waals surface area contributed by atoms with Crippen molar-refractivity contribution in [3.05, 3.63) is 18.7 Å². The fourth-order valence-electron chi connectivity index (χ4n) is 8.46. The van der Waals surface area contributed by atoms with E-state index in [0.29, 0.717) is 24.7 Å². The van der Waals surface area contributed by atoms with Gasteiger partial charge in [-0.05, 0) is 92.8 Å². The first kappa shape index (κ1) is 21.3. The van der Waals surface area contributed by atoms with Gasteiger partial charge >= 0.3 is 0 Å². The lowest BCUT2D eigenvalue weighted by atomic mass is 9.49. The average Bonchev–Trinajstić information content (AvgIpc) is 3.40. The van der Waals surface area contributed by atoms with Crippen LogP contribution in [0.3, 0.4) is 0 Å².